The fraction of sp³-hybridized carbons (Fsp3) is 0.188. The van der Waals surface area contributed by atoms with Gasteiger partial charge in [0, 0.05) is 23.0 Å². The number of fused-ring (bicyclic) bond motifs is 1. The third kappa shape index (κ3) is 2.86. The minimum Gasteiger partial charge on any atom is -0.493 e. The molecule has 0 fully saturated rings. The van der Waals surface area contributed by atoms with Crippen LogP contribution in [0.5, 0.6) is 5.75 Å². The molecule has 1 aliphatic rings. The molecule has 5 heteroatoms. The van der Waals surface area contributed by atoms with Crippen LogP contribution in [0.25, 0.3) is 0 Å². The van der Waals surface area contributed by atoms with Crippen molar-refractivity contribution in [2.45, 2.75) is 13.0 Å². The second kappa shape index (κ2) is 5.74. The molecule has 0 aliphatic carbocycles. The third-order valence-electron chi connectivity index (χ3n) is 3.40. The monoisotopic (exact) mass is 346 g/mol. The number of hydrogen-bond acceptors (Lipinski definition) is 3. The van der Waals surface area contributed by atoms with E-state index in [2.05, 4.69) is 27.3 Å². The van der Waals surface area contributed by atoms with E-state index < -0.39 is 5.82 Å². The Morgan fingerprint density at radius 1 is 1.33 bits per heavy atom. The Kier molecular flexibility index (Phi) is 3.80. The fourth-order valence-electron chi connectivity index (χ4n) is 2.43. The SMILES string of the molecule is N#Cc1cc(F)ccc1NCc1cc(Br)cc2c1OCC2. The molecule has 3 rings (SSSR count). The van der Waals surface area contributed by atoms with E-state index in [0.717, 1.165) is 22.2 Å². The lowest BCUT2D eigenvalue weighted by Crippen LogP contribution is -2.03. The van der Waals surface area contributed by atoms with Crippen LogP contribution >= 0.6 is 15.9 Å². The number of hydrogen-bond donors (Lipinski definition) is 1. The van der Waals surface area contributed by atoms with E-state index in [4.69, 9.17) is 10.00 Å². The summed E-state index contributed by atoms with van der Waals surface area (Å²) in [5.74, 6) is 0.495. The summed E-state index contributed by atoms with van der Waals surface area (Å²) in [6, 6.07) is 10.2. The van der Waals surface area contributed by atoms with Crippen molar-refractivity contribution in [3.05, 3.63) is 57.3 Å². The van der Waals surface area contributed by atoms with Crippen molar-refractivity contribution in [1.82, 2.24) is 0 Å². The van der Waals surface area contributed by atoms with E-state index in [1.165, 1.54) is 17.7 Å². The Morgan fingerprint density at radius 3 is 3.00 bits per heavy atom. The van der Waals surface area contributed by atoms with Gasteiger partial charge in [0.25, 0.3) is 0 Å². The van der Waals surface area contributed by atoms with Crippen molar-refractivity contribution < 1.29 is 9.13 Å². The van der Waals surface area contributed by atoms with Crippen molar-refractivity contribution in [3.63, 3.8) is 0 Å². The second-order valence-electron chi connectivity index (χ2n) is 4.81. The van der Waals surface area contributed by atoms with Gasteiger partial charge in [-0.05, 0) is 35.9 Å². The molecule has 21 heavy (non-hydrogen) atoms. The van der Waals surface area contributed by atoms with E-state index in [1.54, 1.807) is 6.07 Å². The van der Waals surface area contributed by atoms with Gasteiger partial charge >= 0.3 is 0 Å². The summed E-state index contributed by atoms with van der Waals surface area (Å²) in [5, 5.41) is 12.2. The molecule has 1 N–H and O–H groups in total. The van der Waals surface area contributed by atoms with Crippen LogP contribution in [0.2, 0.25) is 0 Å². The summed E-state index contributed by atoms with van der Waals surface area (Å²) in [6.45, 7) is 1.21. The van der Waals surface area contributed by atoms with Crippen molar-refractivity contribution >= 4 is 21.6 Å². The summed E-state index contributed by atoms with van der Waals surface area (Å²) >= 11 is 3.49. The molecule has 0 unspecified atom stereocenters. The van der Waals surface area contributed by atoms with Gasteiger partial charge < -0.3 is 10.1 Å². The minimum atomic E-state index is -0.413. The van der Waals surface area contributed by atoms with Gasteiger partial charge in [-0.3, -0.25) is 0 Å². The molecule has 0 saturated carbocycles. The summed E-state index contributed by atoms with van der Waals surface area (Å²) in [4.78, 5) is 0. The van der Waals surface area contributed by atoms with Gasteiger partial charge in [-0.2, -0.15) is 5.26 Å². The molecule has 3 nitrogen and oxygen atoms in total. The van der Waals surface area contributed by atoms with Crippen LogP contribution in [0.15, 0.2) is 34.8 Å². The quantitative estimate of drug-likeness (QED) is 0.913. The molecule has 0 amide bonds. The highest BCUT2D eigenvalue weighted by molar-refractivity contribution is 9.10. The first kappa shape index (κ1) is 13.9. The lowest BCUT2D eigenvalue weighted by atomic mass is 10.1. The molecule has 0 aromatic heterocycles. The van der Waals surface area contributed by atoms with Crippen LogP contribution in [0.1, 0.15) is 16.7 Å². The molecule has 2 aromatic carbocycles. The summed E-state index contributed by atoms with van der Waals surface area (Å²) in [6.07, 6.45) is 0.905. The van der Waals surface area contributed by atoms with Crippen molar-refractivity contribution in [1.29, 1.82) is 5.26 Å². The molecule has 0 spiro atoms. The van der Waals surface area contributed by atoms with E-state index >= 15 is 0 Å². The molecular weight excluding hydrogens is 335 g/mol. The number of anilines is 1. The highest BCUT2D eigenvalue weighted by atomic mass is 79.9. The molecule has 2 aromatic rings. The molecule has 1 heterocycles. The zero-order valence-electron chi connectivity index (χ0n) is 11.1. The highest BCUT2D eigenvalue weighted by Crippen LogP contribution is 2.33. The number of benzene rings is 2. The predicted molar refractivity (Wildman–Crippen MR) is 81.8 cm³/mol. The van der Waals surface area contributed by atoms with E-state index in [-0.39, 0.29) is 0 Å². The normalized spacial score (nSPS) is 12.4. The van der Waals surface area contributed by atoms with Gasteiger partial charge in [-0.25, -0.2) is 4.39 Å². The minimum absolute atomic E-state index is 0.294. The maximum atomic E-state index is 13.1. The predicted octanol–water partition coefficient (Wildman–Crippen LogP) is 4.01. The number of nitriles is 1. The van der Waals surface area contributed by atoms with Crippen LogP contribution in [0.3, 0.4) is 0 Å². The molecule has 0 radical (unpaired) electrons. The zero-order chi connectivity index (χ0) is 14.8. The first-order valence-electron chi connectivity index (χ1n) is 6.55. The van der Waals surface area contributed by atoms with Crippen molar-refractivity contribution in [2.24, 2.45) is 0 Å². The molecular formula is C16H12BrFN2O. The van der Waals surface area contributed by atoms with Crippen LogP contribution in [0.4, 0.5) is 10.1 Å². The molecule has 0 saturated heterocycles. The van der Waals surface area contributed by atoms with Gasteiger partial charge in [-0.1, -0.05) is 15.9 Å². The van der Waals surface area contributed by atoms with E-state index in [1.807, 2.05) is 12.1 Å². The van der Waals surface area contributed by atoms with Crippen LogP contribution in [-0.2, 0) is 13.0 Å². The molecule has 106 valence electrons. The van der Waals surface area contributed by atoms with Gasteiger partial charge in [0.2, 0.25) is 0 Å². The summed E-state index contributed by atoms with van der Waals surface area (Å²) in [7, 11) is 0. The lowest BCUT2D eigenvalue weighted by Gasteiger charge is -2.12. The largest absolute Gasteiger partial charge is 0.493 e. The topological polar surface area (TPSA) is 45.0 Å². The van der Waals surface area contributed by atoms with Crippen LogP contribution in [0, 0.1) is 17.1 Å². The summed E-state index contributed by atoms with van der Waals surface area (Å²) in [5.41, 5.74) is 3.11. The number of ether oxygens (including phenoxy) is 1. The average Bonchev–Trinajstić information content (AvgIpc) is 2.93. The Hall–Kier alpha value is -2.06. The zero-order valence-corrected chi connectivity index (χ0v) is 12.7. The maximum Gasteiger partial charge on any atom is 0.127 e. The second-order valence-corrected chi connectivity index (χ2v) is 5.72. The standard InChI is InChI=1S/C16H12BrFN2O/c17-13-5-10-3-4-21-16(10)12(6-13)9-20-15-2-1-14(18)7-11(15)8-19/h1-2,5-7,20H,3-4,9H2. The highest BCUT2D eigenvalue weighted by Gasteiger charge is 2.17. The first-order chi connectivity index (χ1) is 10.2. The lowest BCUT2D eigenvalue weighted by molar-refractivity contribution is 0.354. The van der Waals surface area contributed by atoms with Crippen molar-refractivity contribution in [3.8, 4) is 11.8 Å². The Bertz CT molecular complexity index is 740. The summed E-state index contributed by atoms with van der Waals surface area (Å²) < 4.78 is 19.8. The Labute approximate surface area is 130 Å². The van der Waals surface area contributed by atoms with Crippen molar-refractivity contribution in [2.75, 3.05) is 11.9 Å². The van der Waals surface area contributed by atoms with Gasteiger partial charge in [-0.15, -0.1) is 0 Å². The van der Waals surface area contributed by atoms with Crippen LogP contribution in [-0.4, -0.2) is 6.61 Å². The molecule has 0 atom stereocenters. The Balaban J connectivity index is 1.85. The molecule has 0 bridgehead atoms. The smallest absolute Gasteiger partial charge is 0.127 e. The van der Waals surface area contributed by atoms with E-state index in [0.29, 0.717) is 24.4 Å². The van der Waals surface area contributed by atoms with Gasteiger partial charge in [0.05, 0.1) is 17.9 Å². The number of nitrogens with one attached hydrogen (secondary N) is 1. The third-order valence-corrected chi connectivity index (χ3v) is 3.85. The Morgan fingerprint density at radius 2 is 2.19 bits per heavy atom. The van der Waals surface area contributed by atoms with Crippen LogP contribution < -0.4 is 10.1 Å². The number of rotatable bonds is 3. The number of nitrogens with zero attached hydrogens (tertiary/aromatic N) is 1. The maximum absolute atomic E-state index is 13.1. The first-order valence-corrected chi connectivity index (χ1v) is 7.34. The van der Waals surface area contributed by atoms with Gasteiger partial charge in [0.15, 0.2) is 0 Å². The van der Waals surface area contributed by atoms with Gasteiger partial charge in [0.1, 0.15) is 17.6 Å². The fourth-order valence-corrected chi connectivity index (χ4v) is 2.98. The average molecular weight is 347 g/mol. The van der Waals surface area contributed by atoms with E-state index in [9.17, 15) is 4.39 Å². The molecule has 1 aliphatic heterocycles. The number of halogens is 2.